The van der Waals surface area contributed by atoms with E-state index in [2.05, 4.69) is 25.3 Å². The highest BCUT2D eigenvalue weighted by Gasteiger charge is 2.34. The lowest BCUT2D eigenvalue weighted by molar-refractivity contribution is -0.119. The Kier molecular flexibility index (Phi) is 3.66. The smallest absolute Gasteiger partial charge is 0.244 e. The van der Waals surface area contributed by atoms with Gasteiger partial charge in [0.2, 0.25) is 17.6 Å². The summed E-state index contributed by atoms with van der Waals surface area (Å²) >= 11 is 0. The number of nitrogens with one attached hydrogen (secondary N) is 1. The van der Waals surface area contributed by atoms with Crippen LogP contribution in [0, 0.1) is 0 Å². The first-order valence-corrected chi connectivity index (χ1v) is 6.86. The van der Waals surface area contributed by atoms with E-state index in [1.165, 1.54) is 6.92 Å². The van der Waals surface area contributed by atoms with Crippen LogP contribution in [0.3, 0.4) is 0 Å². The van der Waals surface area contributed by atoms with Crippen LogP contribution >= 0.6 is 0 Å². The first kappa shape index (κ1) is 13.7. The monoisotopic (exact) mass is 287 g/mol. The number of carbonyl (C=O) groups is 1. The van der Waals surface area contributed by atoms with Crippen LogP contribution in [0.1, 0.15) is 25.3 Å². The van der Waals surface area contributed by atoms with Crippen molar-refractivity contribution >= 4 is 5.91 Å². The maximum atomic E-state index is 11.1. The van der Waals surface area contributed by atoms with Gasteiger partial charge in [0, 0.05) is 25.7 Å². The van der Waals surface area contributed by atoms with Gasteiger partial charge < -0.3 is 9.84 Å². The molecule has 0 radical (unpaired) electrons. The van der Waals surface area contributed by atoms with Gasteiger partial charge in [0.25, 0.3) is 0 Å². The van der Waals surface area contributed by atoms with Crippen LogP contribution in [0.15, 0.2) is 28.9 Å². The lowest BCUT2D eigenvalue weighted by Crippen LogP contribution is -2.34. The van der Waals surface area contributed by atoms with Crippen LogP contribution in [0.2, 0.25) is 0 Å². The standard InChI is InChI=1S/C14H17N5O2/c1-9(20)16-10-7-12(19(2)8-10)14-17-13(18-21-14)11-5-3-4-6-15-11/h3-6,10,12H,7-8H2,1-2H3,(H,16,20)/t10-,12+/m1/s1. The van der Waals surface area contributed by atoms with Gasteiger partial charge in [-0.1, -0.05) is 11.2 Å². The molecule has 7 nitrogen and oxygen atoms in total. The number of amides is 1. The summed E-state index contributed by atoms with van der Waals surface area (Å²) in [4.78, 5) is 21.9. The van der Waals surface area contributed by atoms with E-state index in [4.69, 9.17) is 4.52 Å². The molecule has 2 aromatic heterocycles. The number of nitrogens with zero attached hydrogens (tertiary/aromatic N) is 4. The number of likely N-dealkylation sites (tertiary alicyclic amines) is 1. The van der Waals surface area contributed by atoms with Crippen molar-refractivity contribution in [3.8, 4) is 11.5 Å². The number of hydrogen-bond acceptors (Lipinski definition) is 6. The number of aromatic nitrogens is 3. The Hall–Kier alpha value is -2.28. The third-order valence-corrected chi connectivity index (χ3v) is 3.58. The minimum absolute atomic E-state index is 0.0197. The van der Waals surface area contributed by atoms with E-state index in [0.29, 0.717) is 17.4 Å². The van der Waals surface area contributed by atoms with Crippen LogP contribution in [-0.2, 0) is 4.79 Å². The third-order valence-electron chi connectivity index (χ3n) is 3.58. The van der Waals surface area contributed by atoms with Gasteiger partial charge in [0.05, 0.1) is 6.04 Å². The van der Waals surface area contributed by atoms with Crippen molar-refractivity contribution < 1.29 is 9.32 Å². The van der Waals surface area contributed by atoms with E-state index in [-0.39, 0.29) is 18.0 Å². The van der Waals surface area contributed by atoms with E-state index >= 15 is 0 Å². The molecule has 2 aromatic rings. The summed E-state index contributed by atoms with van der Waals surface area (Å²) in [6.07, 6.45) is 2.46. The number of carbonyl (C=O) groups excluding carboxylic acids is 1. The van der Waals surface area contributed by atoms with Crippen LogP contribution in [-0.4, -0.2) is 45.6 Å². The second-order valence-electron chi connectivity index (χ2n) is 5.26. The molecular weight excluding hydrogens is 270 g/mol. The average molecular weight is 287 g/mol. The SMILES string of the molecule is CC(=O)N[C@@H]1C[C@@H](c2nc(-c3ccccn3)no2)N(C)C1. The van der Waals surface area contributed by atoms with E-state index < -0.39 is 0 Å². The molecule has 0 aliphatic carbocycles. The predicted molar refractivity (Wildman–Crippen MR) is 75.1 cm³/mol. The Morgan fingerprint density at radius 2 is 2.33 bits per heavy atom. The van der Waals surface area contributed by atoms with Crippen molar-refractivity contribution in [2.24, 2.45) is 0 Å². The summed E-state index contributed by atoms with van der Waals surface area (Å²) in [5.41, 5.74) is 0.687. The Labute approximate surface area is 122 Å². The predicted octanol–water partition coefficient (Wildman–Crippen LogP) is 1.01. The van der Waals surface area contributed by atoms with Crippen LogP contribution in [0.25, 0.3) is 11.5 Å². The molecular formula is C14H17N5O2. The number of likely N-dealkylation sites (N-methyl/N-ethyl adjacent to an activating group) is 1. The second kappa shape index (κ2) is 5.61. The van der Waals surface area contributed by atoms with Crippen molar-refractivity contribution in [2.75, 3.05) is 13.6 Å². The molecule has 1 aliphatic heterocycles. The Bertz CT molecular complexity index is 627. The van der Waals surface area contributed by atoms with Crippen molar-refractivity contribution in [1.82, 2.24) is 25.3 Å². The van der Waals surface area contributed by atoms with Crippen molar-refractivity contribution in [3.05, 3.63) is 30.3 Å². The molecule has 0 spiro atoms. The van der Waals surface area contributed by atoms with Crippen LogP contribution in [0.5, 0.6) is 0 Å². The van der Waals surface area contributed by atoms with Crippen LogP contribution < -0.4 is 5.32 Å². The Morgan fingerprint density at radius 3 is 3.05 bits per heavy atom. The van der Waals surface area contributed by atoms with Crippen LogP contribution in [0.4, 0.5) is 0 Å². The fourth-order valence-electron chi connectivity index (χ4n) is 2.65. The van der Waals surface area contributed by atoms with Gasteiger partial charge in [-0.15, -0.1) is 0 Å². The van der Waals surface area contributed by atoms with Gasteiger partial charge in [-0.25, -0.2) is 0 Å². The first-order valence-electron chi connectivity index (χ1n) is 6.86. The molecule has 2 atom stereocenters. The van der Waals surface area contributed by atoms with Crippen molar-refractivity contribution in [1.29, 1.82) is 0 Å². The number of pyridine rings is 1. The topological polar surface area (TPSA) is 84.2 Å². The fraction of sp³-hybridized carbons (Fsp3) is 0.429. The van der Waals surface area contributed by atoms with Gasteiger partial charge >= 0.3 is 0 Å². The summed E-state index contributed by atoms with van der Waals surface area (Å²) in [7, 11) is 1.98. The molecule has 3 rings (SSSR count). The highest BCUT2D eigenvalue weighted by atomic mass is 16.5. The molecule has 7 heteroatoms. The van der Waals surface area contributed by atoms with E-state index in [1.54, 1.807) is 6.20 Å². The number of hydrogen-bond donors (Lipinski definition) is 1. The molecule has 0 aromatic carbocycles. The van der Waals surface area contributed by atoms with Gasteiger partial charge in [-0.2, -0.15) is 4.98 Å². The minimum atomic E-state index is -0.0197. The van der Waals surface area contributed by atoms with Gasteiger partial charge in [-0.05, 0) is 25.6 Å². The second-order valence-corrected chi connectivity index (χ2v) is 5.26. The summed E-state index contributed by atoms with van der Waals surface area (Å²) < 4.78 is 5.37. The van der Waals surface area contributed by atoms with Gasteiger partial charge in [0.1, 0.15) is 5.69 Å². The minimum Gasteiger partial charge on any atom is -0.352 e. The van der Waals surface area contributed by atoms with Gasteiger partial charge in [0.15, 0.2) is 0 Å². The zero-order chi connectivity index (χ0) is 14.8. The molecule has 0 unspecified atom stereocenters. The summed E-state index contributed by atoms with van der Waals surface area (Å²) in [6.45, 7) is 2.30. The molecule has 21 heavy (non-hydrogen) atoms. The highest BCUT2D eigenvalue weighted by Crippen LogP contribution is 2.30. The molecule has 3 heterocycles. The van der Waals surface area contributed by atoms with Crippen molar-refractivity contribution in [3.63, 3.8) is 0 Å². The molecule has 1 fully saturated rings. The van der Waals surface area contributed by atoms with Crippen molar-refractivity contribution in [2.45, 2.75) is 25.4 Å². The lowest BCUT2D eigenvalue weighted by atomic mass is 10.1. The molecule has 1 amide bonds. The lowest BCUT2D eigenvalue weighted by Gasteiger charge is -2.13. The summed E-state index contributed by atoms with van der Waals surface area (Å²) in [5, 5.41) is 6.92. The number of rotatable bonds is 3. The average Bonchev–Trinajstić information content (AvgIpc) is 3.06. The molecule has 1 N–H and O–H groups in total. The quantitative estimate of drug-likeness (QED) is 0.907. The van der Waals surface area contributed by atoms with E-state index in [0.717, 1.165) is 13.0 Å². The molecule has 110 valence electrons. The zero-order valence-electron chi connectivity index (χ0n) is 12.0. The molecule has 0 saturated carbocycles. The maximum absolute atomic E-state index is 11.1. The third kappa shape index (κ3) is 2.92. The summed E-state index contributed by atoms with van der Waals surface area (Å²) in [6, 6.07) is 5.70. The Balaban J connectivity index is 1.76. The molecule has 1 aliphatic rings. The highest BCUT2D eigenvalue weighted by molar-refractivity contribution is 5.73. The normalized spacial score (nSPS) is 22.4. The van der Waals surface area contributed by atoms with E-state index in [1.807, 2.05) is 25.2 Å². The fourth-order valence-corrected chi connectivity index (χ4v) is 2.65. The Morgan fingerprint density at radius 1 is 1.48 bits per heavy atom. The van der Waals surface area contributed by atoms with Gasteiger partial charge in [-0.3, -0.25) is 14.7 Å². The summed E-state index contributed by atoms with van der Waals surface area (Å²) in [5.74, 6) is 1.03. The molecule has 0 bridgehead atoms. The molecule has 1 saturated heterocycles. The largest absolute Gasteiger partial charge is 0.352 e. The maximum Gasteiger partial charge on any atom is 0.244 e. The van der Waals surface area contributed by atoms with E-state index in [9.17, 15) is 4.79 Å². The zero-order valence-corrected chi connectivity index (χ0v) is 12.0. The first-order chi connectivity index (χ1) is 10.1.